The van der Waals surface area contributed by atoms with E-state index in [2.05, 4.69) is 20.2 Å². The van der Waals surface area contributed by atoms with Gasteiger partial charge in [-0.05, 0) is 30.5 Å². The Morgan fingerprint density at radius 2 is 2.25 bits per heavy atom. The van der Waals surface area contributed by atoms with Crippen LogP contribution in [0.5, 0.6) is 0 Å². The Labute approximate surface area is 123 Å². The van der Waals surface area contributed by atoms with E-state index >= 15 is 0 Å². The van der Waals surface area contributed by atoms with Gasteiger partial charge in [-0.1, -0.05) is 17.7 Å². The van der Waals surface area contributed by atoms with Crippen LogP contribution in [0.3, 0.4) is 0 Å². The van der Waals surface area contributed by atoms with Crippen molar-refractivity contribution >= 4 is 23.1 Å². The number of anilines is 2. The zero-order valence-electron chi connectivity index (χ0n) is 11.2. The summed E-state index contributed by atoms with van der Waals surface area (Å²) in [4.78, 5) is 10.6. The summed E-state index contributed by atoms with van der Waals surface area (Å²) in [5.74, 6) is 1.55. The van der Waals surface area contributed by atoms with Gasteiger partial charge in [0.05, 0.1) is 10.7 Å². The lowest BCUT2D eigenvalue weighted by atomic mass is 10.1. The summed E-state index contributed by atoms with van der Waals surface area (Å²) < 4.78 is 0. The highest BCUT2D eigenvalue weighted by atomic mass is 35.5. The third kappa shape index (κ3) is 3.02. The minimum atomic E-state index is 0.612. The molecule has 0 saturated carbocycles. The molecule has 3 rings (SSSR count). The zero-order chi connectivity index (χ0) is 13.8. The van der Waals surface area contributed by atoms with Crippen LogP contribution >= 0.6 is 11.6 Å². The van der Waals surface area contributed by atoms with Gasteiger partial charge in [0.25, 0.3) is 0 Å². The van der Waals surface area contributed by atoms with Crippen LogP contribution < -0.4 is 10.2 Å². The molecule has 20 heavy (non-hydrogen) atoms. The summed E-state index contributed by atoms with van der Waals surface area (Å²) in [6.45, 7) is 3.00. The fourth-order valence-electron chi connectivity index (χ4n) is 2.56. The van der Waals surface area contributed by atoms with Crippen LogP contribution in [-0.4, -0.2) is 29.6 Å². The van der Waals surface area contributed by atoms with Gasteiger partial charge >= 0.3 is 0 Å². The number of nitrogens with zero attached hydrogens (tertiary/aromatic N) is 3. The number of hydrogen-bond acceptors (Lipinski definition) is 4. The van der Waals surface area contributed by atoms with Gasteiger partial charge in [-0.15, -0.1) is 0 Å². The van der Waals surface area contributed by atoms with E-state index in [1.807, 2.05) is 24.3 Å². The van der Waals surface area contributed by atoms with E-state index in [0.717, 1.165) is 36.2 Å². The van der Waals surface area contributed by atoms with Crippen molar-refractivity contribution in [3.05, 3.63) is 47.9 Å². The summed E-state index contributed by atoms with van der Waals surface area (Å²) >= 11 is 6.20. The molecule has 2 aromatic rings. The molecular formula is C15H17ClN4. The highest BCUT2D eigenvalue weighted by Crippen LogP contribution is 2.29. The molecule has 0 spiro atoms. The molecule has 3 heterocycles. The maximum Gasteiger partial charge on any atom is 0.125 e. The Kier molecular flexibility index (Phi) is 4.02. The Hall–Kier alpha value is -1.81. The monoisotopic (exact) mass is 288 g/mol. The number of rotatable bonds is 4. The van der Waals surface area contributed by atoms with Gasteiger partial charge in [0.15, 0.2) is 0 Å². The van der Waals surface area contributed by atoms with Gasteiger partial charge in [-0.3, -0.25) is 4.98 Å². The lowest BCUT2D eigenvalue weighted by Crippen LogP contribution is -2.22. The molecule has 5 heteroatoms. The predicted octanol–water partition coefficient (Wildman–Crippen LogP) is 3.07. The van der Waals surface area contributed by atoms with E-state index in [1.165, 1.54) is 6.42 Å². The third-order valence-electron chi connectivity index (χ3n) is 3.61. The topological polar surface area (TPSA) is 41.1 Å². The van der Waals surface area contributed by atoms with Gasteiger partial charge in [0, 0.05) is 38.2 Å². The lowest BCUT2D eigenvalue weighted by molar-refractivity contribution is 0.621. The first-order valence-corrected chi connectivity index (χ1v) is 7.20. The SMILES string of the molecule is Clc1cnccc1N1CC[C@@H](CNc2ccccn2)C1. The first-order valence-electron chi connectivity index (χ1n) is 6.82. The lowest BCUT2D eigenvalue weighted by Gasteiger charge is -2.19. The summed E-state index contributed by atoms with van der Waals surface area (Å²) in [6, 6.07) is 7.89. The molecule has 2 aromatic heterocycles. The van der Waals surface area contributed by atoms with Crippen LogP contribution in [0.2, 0.25) is 5.02 Å². The average Bonchev–Trinajstić information content (AvgIpc) is 2.95. The zero-order valence-corrected chi connectivity index (χ0v) is 11.9. The van der Waals surface area contributed by atoms with Crippen molar-refractivity contribution in [2.75, 3.05) is 29.9 Å². The highest BCUT2D eigenvalue weighted by molar-refractivity contribution is 6.33. The van der Waals surface area contributed by atoms with Crippen LogP contribution in [0.25, 0.3) is 0 Å². The number of nitrogens with one attached hydrogen (secondary N) is 1. The molecule has 0 radical (unpaired) electrons. The van der Waals surface area contributed by atoms with E-state index in [4.69, 9.17) is 11.6 Å². The molecule has 4 nitrogen and oxygen atoms in total. The molecule has 0 bridgehead atoms. The molecule has 0 aliphatic carbocycles. The van der Waals surface area contributed by atoms with Crippen molar-refractivity contribution in [2.45, 2.75) is 6.42 Å². The Bertz CT molecular complexity index is 561. The number of aromatic nitrogens is 2. The summed E-state index contributed by atoms with van der Waals surface area (Å²) in [5, 5.41) is 4.12. The largest absolute Gasteiger partial charge is 0.370 e. The molecule has 0 amide bonds. The first kappa shape index (κ1) is 13.2. The van der Waals surface area contributed by atoms with Gasteiger partial charge in [-0.25, -0.2) is 4.98 Å². The average molecular weight is 289 g/mol. The van der Waals surface area contributed by atoms with E-state index in [0.29, 0.717) is 5.92 Å². The van der Waals surface area contributed by atoms with Crippen LogP contribution in [0.1, 0.15) is 6.42 Å². The number of hydrogen-bond donors (Lipinski definition) is 1. The van der Waals surface area contributed by atoms with E-state index in [1.54, 1.807) is 18.6 Å². The van der Waals surface area contributed by atoms with Gasteiger partial charge < -0.3 is 10.2 Å². The second-order valence-corrected chi connectivity index (χ2v) is 5.43. The molecule has 1 aliphatic heterocycles. The summed E-state index contributed by atoms with van der Waals surface area (Å²) in [7, 11) is 0. The van der Waals surface area contributed by atoms with Crippen molar-refractivity contribution in [3.63, 3.8) is 0 Å². The summed E-state index contributed by atoms with van der Waals surface area (Å²) in [5.41, 5.74) is 1.09. The maximum absolute atomic E-state index is 6.20. The predicted molar refractivity (Wildman–Crippen MR) is 82.3 cm³/mol. The minimum absolute atomic E-state index is 0.612. The molecule has 0 aromatic carbocycles. The van der Waals surface area contributed by atoms with Crippen LogP contribution in [0.15, 0.2) is 42.9 Å². The van der Waals surface area contributed by atoms with Crippen molar-refractivity contribution < 1.29 is 0 Å². The second kappa shape index (κ2) is 6.09. The fourth-order valence-corrected chi connectivity index (χ4v) is 2.80. The quantitative estimate of drug-likeness (QED) is 0.939. The van der Waals surface area contributed by atoms with Crippen molar-refractivity contribution in [1.82, 2.24) is 9.97 Å². The first-order chi connectivity index (χ1) is 9.83. The normalized spacial score (nSPS) is 18.2. The maximum atomic E-state index is 6.20. The van der Waals surface area contributed by atoms with Crippen molar-refractivity contribution in [2.24, 2.45) is 5.92 Å². The highest BCUT2D eigenvalue weighted by Gasteiger charge is 2.23. The van der Waals surface area contributed by atoms with Gasteiger partial charge in [-0.2, -0.15) is 0 Å². The Morgan fingerprint density at radius 3 is 3.05 bits per heavy atom. The molecule has 1 atom stereocenters. The van der Waals surface area contributed by atoms with E-state index < -0.39 is 0 Å². The number of halogens is 1. The summed E-state index contributed by atoms with van der Waals surface area (Å²) in [6.07, 6.45) is 6.47. The molecule has 0 unspecified atom stereocenters. The molecule has 1 N–H and O–H groups in total. The van der Waals surface area contributed by atoms with Crippen LogP contribution in [0.4, 0.5) is 11.5 Å². The fraction of sp³-hybridized carbons (Fsp3) is 0.333. The van der Waals surface area contributed by atoms with Crippen molar-refractivity contribution in [1.29, 1.82) is 0 Å². The van der Waals surface area contributed by atoms with Crippen molar-refractivity contribution in [3.8, 4) is 0 Å². The van der Waals surface area contributed by atoms with E-state index in [9.17, 15) is 0 Å². The smallest absolute Gasteiger partial charge is 0.125 e. The van der Waals surface area contributed by atoms with Gasteiger partial charge in [0.2, 0.25) is 0 Å². The molecule has 1 saturated heterocycles. The molecule has 1 aliphatic rings. The van der Waals surface area contributed by atoms with Crippen LogP contribution in [0, 0.1) is 5.92 Å². The Balaban J connectivity index is 1.56. The molecule has 1 fully saturated rings. The van der Waals surface area contributed by atoms with E-state index in [-0.39, 0.29) is 0 Å². The minimum Gasteiger partial charge on any atom is -0.370 e. The number of pyridine rings is 2. The standard InChI is InChI=1S/C15H17ClN4/c16-13-10-17-7-4-14(13)20-8-5-12(11-20)9-19-15-3-1-2-6-18-15/h1-4,6-7,10,12H,5,8-9,11H2,(H,18,19)/t12-/m0/s1. The second-order valence-electron chi connectivity index (χ2n) is 5.02. The molecular weight excluding hydrogens is 272 g/mol. The van der Waals surface area contributed by atoms with Crippen LogP contribution in [-0.2, 0) is 0 Å². The molecule has 104 valence electrons. The third-order valence-corrected chi connectivity index (χ3v) is 3.91. The Morgan fingerprint density at radius 1 is 1.30 bits per heavy atom. The van der Waals surface area contributed by atoms with Gasteiger partial charge in [0.1, 0.15) is 5.82 Å².